The van der Waals surface area contributed by atoms with Gasteiger partial charge in [0.05, 0.1) is 29.4 Å². The number of benzene rings is 2. The molecule has 0 aliphatic carbocycles. The summed E-state index contributed by atoms with van der Waals surface area (Å²) in [6.07, 6.45) is -4.69. The van der Waals surface area contributed by atoms with Crippen LogP contribution in [0.5, 0.6) is 0 Å². The first-order valence-corrected chi connectivity index (χ1v) is 13.5. The molecule has 0 bridgehead atoms. The zero-order chi connectivity index (χ0) is 28.6. The topological polar surface area (TPSA) is 76.2 Å². The van der Waals surface area contributed by atoms with E-state index in [1.54, 1.807) is 36.1 Å². The van der Waals surface area contributed by atoms with Crippen LogP contribution in [-0.2, 0) is 15.8 Å². The van der Waals surface area contributed by atoms with Crippen molar-refractivity contribution in [2.24, 2.45) is 0 Å². The highest BCUT2D eigenvalue weighted by atomic mass is 19.4. The van der Waals surface area contributed by atoms with E-state index in [0.29, 0.717) is 37.4 Å². The van der Waals surface area contributed by atoms with Crippen LogP contribution in [-0.4, -0.2) is 83.3 Å². The van der Waals surface area contributed by atoms with Crippen LogP contribution in [0.2, 0.25) is 0 Å². The highest BCUT2D eigenvalue weighted by Crippen LogP contribution is 2.43. The number of nitrogens with zero attached hydrogens (tertiary/aromatic N) is 4. The number of hydrogen-bond donors (Lipinski definition) is 1. The van der Waals surface area contributed by atoms with Crippen molar-refractivity contribution in [3.8, 4) is 0 Å². The molecule has 4 amide bonds. The maximum Gasteiger partial charge on any atom is 0.416 e. The second kappa shape index (κ2) is 11.0. The Hall–Kier alpha value is -3.86. The summed E-state index contributed by atoms with van der Waals surface area (Å²) >= 11 is 0. The van der Waals surface area contributed by atoms with Crippen molar-refractivity contribution in [2.75, 3.05) is 45.8 Å². The molecule has 5 rings (SSSR count). The number of hydrogen-bond acceptors (Lipinski definition) is 4. The molecule has 11 heteroatoms. The van der Waals surface area contributed by atoms with Crippen LogP contribution in [0.15, 0.2) is 65.9 Å². The number of nitrogens with one attached hydrogen (secondary N) is 1. The number of rotatable bonds is 6. The van der Waals surface area contributed by atoms with Gasteiger partial charge in [0, 0.05) is 32.7 Å². The predicted octanol–water partition coefficient (Wildman–Crippen LogP) is 3.79. The Morgan fingerprint density at radius 2 is 1.60 bits per heavy atom. The number of halogens is 3. The maximum absolute atomic E-state index is 14.2. The zero-order valence-corrected chi connectivity index (χ0v) is 22.4. The largest absolute Gasteiger partial charge is 0.416 e. The molecular weight excluding hydrogens is 523 g/mol. The number of alkyl halides is 3. The first-order chi connectivity index (χ1) is 19.2. The van der Waals surface area contributed by atoms with Crippen LogP contribution in [0.25, 0.3) is 0 Å². The molecule has 40 heavy (non-hydrogen) atoms. The van der Waals surface area contributed by atoms with Gasteiger partial charge < -0.3 is 20.0 Å². The van der Waals surface area contributed by atoms with Crippen molar-refractivity contribution in [1.29, 1.82) is 0 Å². The minimum atomic E-state index is -4.69. The minimum absolute atomic E-state index is 0.0580. The van der Waals surface area contributed by atoms with E-state index in [4.69, 9.17) is 0 Å². The normalized spacial score (nSPS) is 21.0. The third-order valence-corrected chi connectivity index (χ3v) is 7.94. The Morgan fingerprint density at radius 1 is 0.950 bits per heavy atom. The lowest BCUT2D eigenvalue weighted by atomic mass is 9.91. The van der Waals surface area contributed by atoms with Crippen molar-refractivity contribution >= 4 is 17.8 Å². The molecule has 0 spiro atoms. The van der Waals surface area contributed by atoms with E-state index in [1.807, 2.05) is 6.07 Å². The van der Waals surface area contributed by atoms with Crippen LogP contribution in [0.1, 0.15) is 42.6 Å². The van der Waals surface area contributed by atoms with Gasteiger partial charge in [0.15, 0.2) is 0 Å². The van der Waals surface area contributed by atoms with Crippen LogP contribution in [0.3, 0.4) is 0 Å². The lowest BCUT2D eigenvalue weighted by Gasteiger charge is -2.38. The second-order valence-corrected chi connectivity index (χ2v) is 10.1. The molecule has 8 nitrogen and oxygen atoms in total. The van der Waals surface area contributed by atoms with E-state index in [0.717, 1.165) is 12.6 Å². The van der Waals surface area contributed by atoms with Gasteiger partial charge in [-0.2, -0.15) is 13.2 Å². The van der Waals surface area contributed by atoms with Gasteiger partial charge in [-0.05, 0) is 30.7 Å². The number of amides is 4. The van der Waals surface area contributed by atoms with Crippen molar-refractivity contribution in [3.63, 3.8) is 0 Å². The average molecular weight is 556 g/mol. The van der Waals surface area contributed by atoms with Crippen molar-refractivity contribution in [1.82, 2.24) is 24.9 Å². The van der Waals surface area contributed by atoms with Crippen LogP contribution in [0, 0.1) is 0 Å². The van der Waals surface area contributed by atoms with E-state index in [2.05, 4.69) is 17.1 Å². The molecule has 212 valence electrons. The minimum Gasteiger partial charge on any atom is -0.338 e. The Labute approximate surface area is 231 Å². The Morgan fingerprint density at radius 3 is 2.23 bits per heavy atom. The molecule has 1 fully saturated rings. The molecule has 3 heterocycles. The molecule has 3 aliphatic rings. The zero-order valence-electron chi connectivity index (χ0n) is 22.4. The first kappa shape index (κ1) is 27.7. The second-order valence-electron chi connectivity index (χ2n) is 10.1. The van der Waals surface area contributed by atoms with E-state index >= 15 is 0 Å². The fraction of sp³-hybridized carbons (Fsp3) is 0.414. The molecule has 0 unspecified atom stereocenters. The number of carbonyl (C=O) groups is 3. The van der Waals surface area contributed by atoms with Crippen molar-refractivity contribution < 1.29 is 27.6 Å². The quantitative estimate of drug-likeness (QED) is 0.589. The van der Waals surface area contributed by atoms with Gasteiger partial charge in [-0.1, -0.05) is 55.5 Å². The molecule has 2 aromatic rings. The van der Waals surface area contributed by atoms with Gasteiger partial charge in [0.1, 0.15) is 6.04 Å². The van der Waals surface area contributed by atoms with E-state index < -0.39 is 35.8 Å². The molecule has 0 radical (unpaired) electrons. The van der Waals surface area contributed by atoms with Gasteiger partial charge in [0.2, 0.25) is 5.91 Å². The van der Waals surface area contributed by atoms with Crippen LogP contribution < -0.4 is 5.32 Å². The lowest BCUT2D eigenvalue weighted by molar-refractivity contribution is -0.144. The van der Waals surface area contributed by atoms with Gasteiger partial charge in [-0.15, -0.1) is 0 Å². The Kier molecular flexibility index (Phi) is 7.59. The summed E-state index contributed by atoms with van der Waals surface area (Å²) in [5.74, 6) is -0.811. The SMILES string of the molecule is CCN1CCN(C(=O)[C@@H](c2ccccc2)N2CC3=C(C2=O)[C@H](c2ccccc2C(F)(F)F)NC(=O)N3CC)CC1. The number of urea groups is 1. The molecule has 2 atom stereocenters. The average Bonchev–Trinajstić information content (AvgIpc) is 3.29. The van der Waals surface area contributed by atoms with E-state index in [-0.39, 0.29) is 30.1 Å². The summed E-state index contributed by atoms with van der Waals surface area (Å²) in [5.41, 5.74) is -0.147. The maximum atomic E-state index is 14.2. The van der Waals surface area contributed by atoms with Crippen LogP contribution >= 0.6 is 0 Å². The molecule has 1 N–H and O–H groups in total. The summed E-state index contributed by atoms with van der Waals surface area (Å²) in [6.45, 7) is 7.25. The van der Waals surface area contributed by atoms with Gasteiger partial charge in [-0.3, -0.25) is 14.5 Å². The monoisotopic (exact) mass is 555 g/mol. The molecule has 1 saturated heterocycles. The molecular formula is C29H32F3N5O3. The smallest absolute Gasteiger partial charge is 0.338 e. The van der Waals surface area contributed by atoms with E-state index in [9.17, 15) is 27.6 Å². The number of piperazine rings is 1. The number of carbonyl (C=O) groups excluding carboxylic acids is 3. The van der Waals surface area contributed by atoms with Gasteiger partial charge in [-0.25, -0.2) is 4.79 Å². The van der Waals surface area contributed by atoms with E-state index in [1.165, 1.54) is 28.0 Å². The Balaban J connectivity index is 1.56. The predicted molar refractivity (Wildman–Crippen MR) is 142 cm³/mol. The van der Waals surface area contributed by atoms with Gasteiger partial charge >= 0.3 is 12.2 Å². The highest BCUT2D eigenvalue weighted by Gasteiger charge is 2.49. The fourth-order valence-electron chi connectivity index (χ4n) is 5.85. The third-order valence-electron chi connectivity index (χ3n) is 7.94. The standard InChI is InChI=1S/C29H32F3N5O3/c1-3-34-14-16-35(17-15-34)27(39)25(19-10-6-5-7-11-19)37-18-22-23(26(37)38)24(33-28(40)36(22)4-2)20-12-8-9-13-21(20)29(30,31)32/h5-13,24-25H,3-4,14-18H2,1-2H3,(H,33,40)/t24-,25+/m0/s1. The molecule has 2 aromatic carbocycles. The van der Waals surface area contributed by atoms with Crippen molar-refractivity contribution in [2.45, 2.75) is 32.1 Å². The summed E-state index contributed by atoms with van der Waals surface area (Å²) in [5, 5.41) is 2.63. The van der Waals surface area contributed by atoms with Gasteiger partial charge in [0.25, 0.3) is 5.91 Å². The fourth-order valence-corrected chi connectivity index (χ4v) is 5.85. The van der Waals surface area contributed by atoms with Crippen molar-refractivity contribution in [3.05, 3.63) is 82.6 Å². The highest BCUT2D eigenvalue weighted by molar-refractivity contribution is 6.04. The van der Waals surface area contributed by atoms with Crippen LogP contribution in [0.4, 0.5) is 18.0 Å². The summed E-state index contributed by atoms with van der Waals surface area (Å²) < 4.78 is 42.0. The summed E-state index contributed by atoms with van der Waals surface area (Å²) in [6, 6.07) is 11.0. The Bertz CT molecular complexity index is 1320. The third kappa shape index (κ3) is 4.94. The number of likely N-dealkylation sites (N-methyl/N-ethyl adjacent to an activating group) is 2. The summed E-state index contributed by atoms with van der Waals surface area (Å²) in [7, 11) is 0. The molecule has 3 aliphatic heterocycles. The lowest BCUT2D eigenvalue weighted by Crippen LogP contribution is -2.52. The summed E-state index contributed by atoms with van der Waals surface area (Å²) in [4.78, 5) is 48.1. The first-order valence-electron chi connectivity index (χ1n) is 13.5. The molecule has 0 saturated carbocycles. The molecule has 0 aromatic heterocycles.